The molecule has 1 heterocycles. The third-order valence-corrected chi connectivity index (χ3v) is 1.53. The van der Waals surface area contributed by atoms with Gasteiger partial charge < -0.3 is 10.1 Å². The quantitative estimate of drug-likeness (QED) is 0.729. The van der Waals surface area contributed by atoms with Crippen LogP contribution in [0.25, 0.3) is 0 Å². The van der Waals surface area contributed by atoms with Crippen LogP contribution in [-0.2, 0) is 0 Å². The van der Waals surface area contributed by atoms with Crippen LogP contribution in [0.3, 0.4) is 0 Å². The van der Waals surface area contributed by atoms with E-state index in [2.05, 4.69) is 21.2 Å². The Labute approximate surface area is 83.7 Å². The molecule has 0 spiro atoms. The van der Waals surface area contributed by atoms with E-state index in [-0.39, 0.29) is 6.10 Å². The summed E-state index contributed by atoms with van der Waals surface area (Å²) in [5, 5.41) is 3.06. The molecular weight excluding hydrogens is 178 g/mol. The number of nitrogens with zero attached hydrogens (tertiary/aromatic N) is 2. The lowest BCUT2D eigenvalue weighted by Gasteiger charge is -2.08. The topological polar surface area (TPSA) is 47.0 Å². The molecule has 1 rings (SSSR count). The van der Waals surface area contributed by atoms with Gasteiger partial charge >= 0.3 is 0 Å². The van der Waals surface area contributed by atoms with Gasteiger partial charge in [0.25, 0.3) is 0 Å². The maximum atomic E-state index is 5.32. The number of ether oxygens (including phenoxy) is 1. The number of rotatable bonds is 4. The van der Waals surface area contributed by atoms with Crippen LogP contribution in [0.5, 0.6) is 5.88 Å². The lowest BCUT2D eigenvalue weighted by atomic mass is 10.4. The predicted molar refractivity (Wildman–Crippen MR) is 55.1 cm³/mol. The number of terminal acetylenes is 1. The number of hydrogen-bond acceptors (Lipinski definition) is 4. The summed E-state index contributed by atoms with van der Waals surface area (Å²) < 4.78 is 5.32. The van der Waals surface area contributed by atoms with Gasteiger partial charge in [-0.15, -0.1) is 6.42 Å². The summed E-state index contributed by atoms with van der Waals surface area (Å²) >= 11 is 0. The van der Waals surface area contributed by atoms with E-state index >= 15 is 0 Å². The van der Waals surface area contributed by atoms with Crippen LogP contribution in [0.4, 0.5) is 5.82 Å². The molecule has 0 fully saturated rings. The predicted octanol–water partition coefficient (Wildman–Crippen LogP) is 1.31. The molecule has 74 valence electrons. The van der Waals surface area contributed by atoms with Gasteiger partial charge in [-0.25, -0.2) is 9.97 Å². The Kier molecular flexibility index (Phi) is 3.74. The van der Waals surface area contributed by atoms with Crippen LogP contribution in [0.15, 0.2) is 12.4 Å². The van der Waals surface area contributed by atoms with Gasteiger partial charge in [-0.2, -0.15) is 0 Å². The van der Waals surface area contributed by atoms with E-state index in [9.17, 15) is 0 Å². The van der Waals surface area contributed by atoms with Crippen LogP contribution in [-0.4, -0.2) is 22.6 Å². The second-order valence-corrected chi connectivity index (χ2v) is 2.70. The van der Waals surface area contributed by atoms with Crippen LogP contribution in [0.2, 0.25) is 0 Å². The fourth-order valence-corrected chi connectivity index (χ4v) is 0.897. The first-order valence-electron chi connectivity index (χ1n) is 4.45. The van der Waals surface area contributed by atoms with Gasteiger partial charge in [0.1, 0.15) is 12.1 Å². The summed E-state index contributed by atoms with van der Waals surface area (Å²) in [6.07, 6.45) is 6.35. The van der Waals surface area contributed by atoms with E-state index in [1.54, 1.807) is 13.0 Å². The molecule has 0 saturated heterocycles. The van der Waals surface area contributed by atoms with Gasteiger partial charge in [0.2, 0.25) is 5.88 Å². The lowest BCUT2D eigenvalue weighted by Crippen LogP contribution is -2.10. The fraction of sp³-hybridized carbons (Fsp3) is 0.400. The lowest BCUT2D eigenvalue weighted by molar-refractivity contribution is 0.267. The third kappa shape index (κ3) is 2.94. The second-order valence-electron chi connectivity index (χ2n) is 2.70. The van der Waals surface area contributed by atoms with Gasteiger partial charge in [-0.05, 0) is 13.8 Å². The molecule has 0 radical (unpaired) electrons. The number of nitrogens with one attached hydrogen (secondary N) is 1. The van der Waals surface area contributed by atoms with Crippen molar-refractivity contribution in [2.75, 3.05) is 11.9 Å². The average molecular weight is 191 g/mol. The Hall–Kier alpha value is -1.76. The molecule has 0 aliphatic carbocycles. The van der Waals surface area contributed by atoms with E-state index in [1.807, 2.05) is 6.92 Å². The summed E-state index contributed by atoms with van der Waals surface area (Å²) in [6, 6.07) is 1.72. The smallest absolute Gasteiger partial charge is 0.219 e. The Bertz CT molecular complexity index is 332. The van der Waals surface area contributed by atoms with Crippen molar-refractivity contribution in [3.05, 3.63) is 12.4 Å². The third-order valence-electron chi connectivity index (χ3n) is 1.53. The van der Waals surface area contributed by atoms with Gasteiger partial charge in [-0.1, -0.05) is 5.92 Å². The summed E-state index contributed by atoms with van der Waals surface area (Å²) in [5.74, 6) is 3.69. The van der Waals surface area contributed by atoms with Crippen molar-refractivity contribution in [1.29, 1.82) is 0 Å². The first-order chi connectivity index (χ1) is 6.76. The first kappa shape index (κ1) is 10.3. The minimum absolute atomic E-state index is 0.278. The van der Waals surface area contributed by atoms with Gasteiger partial charge in [0, 0.05) is 12.6 Å². The maximum absolute atomic E-state index is 5.32. The number of hydrogen-bond donors (Lipinski definition) is 1. The minimum Gasteiger partial charge on any atom is -0.461 e. The summed E-state index contributed by atoms with van der Waals surface area (Å²) in [4.78, 5) is 7.95. The monoisotopic (exact) mass is 191 g/mol. The van der Waals surface area contributed by atoms with E-state index in [0.29, 0.717) is 5.88 Å². The van der Waals surface area contributed by atoms with Crippen molar-refractivity contribution >= 4 is 5.82 Å². The summed E-state index contributed by atoms with van der Waals surface area (Å²) in [5.41, 5.74) is 0. The van der Waals surface area contributed by atoms with E-state index in [1.165, 1.54) is 6.33 Å². The molecule has 0 bridgehead atoms. The second kappa shape index (κ2) is 5.07. The van der Waals surface area contributed by atoms with Crippen molar-refractivity contribution in [2.45, 2.75) is 20.0 Å². The van der Waals surface area contributed by atoms with Crippen molar-refractivity contribution < 1.29 is 4.74 Å². The highest BCUT2D eigenvalue weighted by Gasteiger charge is 2.02. The highest BCUT2D eigenvalue weighted by molar-refractivity contribution is 5.36. The summed E-state index contributed by atoms with van der Waals surface area (Å²) in [6.45, 7) is 4.59. The summed E-state index contributed by atoms with van der Waals surface area (Å²) in [7, 11) is 0. The highest BCUT2D eigenvalue weighted by Crippen LogP contribution is 2.11. The van der Waals surface area contributed by atoms with Crippen molar-refractivity contribution in [1.82, 2.24) is 9.97 Å². The highest BCUT2D eigenvalue weighted by atomic mass is 16.5. The number of aromatic nitrogens is 2. The Morgan fingerprint density at radius 2 is 2.43 bits per heavy atom. The van der Waals surface area contributed by atoms with Crippen molar-refractivity contribution in [3.8, 4) is 18.2 Å². The van der Waals surface area contributed by atoms with Crippen LogP contribution in [0, 0.1) is 12.3 Å². The largest absolute Gasteiger partial charge is 0.461 e. The fourth-order valence-electron chi connectivity index (χ4n) is 0.897. The van der Waals surface area contributed by atoms with Gasteiger partial charge in [-0.3, -0.25) is 0 Å². The molecule has 1 atom stereocenters. The molecule has 0 saturated carbocycles. The first-order valence-corrected chi connectivity index (χ1v) is 4.45. The van der Waals surface area contributed by atoms with E-state index < -0.39 is 0 Å². The molecule has 0 amide bonds. The zero-order valence-corrected chi connectivity index (χ0v) is 8.32. The molecule has 14 heavy (non-hydrogen) atoms. The molecule has 1 aromatic heterocycles. The van der Waals surface area contributed by atoms with Crippen LogP contribution >= 0.6 is 0 Å². The Morgan fingerprint density at radius 3 is 3.07 bits per heavy atom. The molecule has 0 aromatic carbocycles. The van der Waals surface area contributed by atoms with Crippen molar-refractivity contribution in [2.24, 2.45) is 0 Å². The molecular formula is C10H13N3O. The van der Waals surface area contributed by atoms with Gasteiger partial charge in [0.15, 0.2) is 6.10 Å². The Balaban J connectivity index is 2.69. The molecule has 4 heteroatoms. The van der Waals surface area contributed by atoms with Gasteiger partial charge in [0.05, 0.1) is 0 Å². The molecule has 1 unspecified atom stereocenters. The molecule has 1 N–H and O–H groups in total. The average Bonchev–Trinajstić information content (AvgIpc) is 2.19. The van der Waals surface area contributed by atoms with Crippen LogP contribution < -0.4 is 10.1 Å². The molecule has 4 nitrogen and oxygen atoms in total. The Morgan fingerprint density at radius 1 is 1.64 bits per heavy atom. The van der Waals surface area contributed by atoms with E-state index in [4.69, 9.17) is 11.2 Å². The molecule has 1 aromatic rings. The standard InChI is InChI=1S/C10H13N3O/c1-4-8(3)14-10-6-9(11-5-2)12-7-13-10/h1,6-8H,5H2,2-3H3,(H,11,12,13). The minimum atomic E-state index is -0.278. The zero-order chi connectivity index (χ0) is 10.4. The van der Waals surface area contributed by atoms with Crippen molar-refractivity contribution in [3.63, 3.8) is 0 Å². The van der Waals surface area contributed by atoms with Crippen LogP contribution in [0.1, 0.15) is 13.8 Å². The number of anilines is 1. The maximum Gasteiger partial charge on any atom is 0.219 e. The van der Waals surface area contributed by atoms with E-state index in [0.717, 1.165) is 12.4 Å². The SMILES string of the molecule is C#CC(C)Oc1cc(NCC)ncn1. The molecule has 0 aliphatic rings. The zero-order valence-electron chi connectivity index (χ0n) is 8.32. The molecule has 0 aliphatic heterocycles. The normalized spacial score (nSPS) is 11.5.